The molecule has 90 valence electrons. The molecule has 1 aliphatic carbocycles. The van der Waals surface area contributed by atoms with Gasteiger partial charge < -0.3 is 0 Å². The minimum absolute atomic E-state index is 0.287. The van der Waals surface area contributed by atoms with Crippen LogP contribution >= 0.6 is 0 Å². The fourth-order valence-corrected chi connectivity index (χ4v) is 3.63. The average molecular weight is 220 g/mol. The van der Waals surface area contributed by atoms with Gasteiger partial charge in [0.15, 0.2) is 0 Å². The van der Waals surface area contributed by atoms with Crippen molar-refractivity contribution in [1.82, 2.24) is 4.90 Å². The summed E-state index contributed by atoms with van der Waals surface area (Å²) < 4.78 is 0. The van der Waals surface area contributed by atoms with Crippen LogP contribution in [0, 0.1) is 23.2 Å². The Morgan fingerprint density at radius 3 is 2.50 bits per heavy atom. The molecular formula is C14H24N2. The van der Waals surface area contributed by atoms with Gasteiger partial charge in [-0.2, -0.15) is 5.26 Å². The second-order valence-electron chi connectivity index (χ2n) is 5.83. The summed E-state index contributed by atoms with van der Waals surface area (Å²) in [6.07, 6.45) is 7.59. The molecule has 0 radical (unpaired) electrons. The van der Waals surface area contributed by atoms with E-state index >= 15 is 0 Å². The quantitative estimate of drug-likeness (QED) is 0.635. The predicted octanol–water partition coefficient (Wildman–Crippen LogP) is 3.19. The first-order chi connectivity index (χ1) is 7.72. The van der Waals surface area contributed by atoms with Crippen molar-refractivity contribution in [2.24, 2.45) is 11.8 Å². The molecule has 0 bridgehead atoms. The summed E-state index contributed by atoms with van der Waals surface area (Å²) in [6, 6.07) is 3.80. The van der Waals surface area contributed by atoms with E-state index < -0.39 is 0 Å². The Hall–Kier alpha value is -0.550. The molecule has 0 amide bonds. The van der Waals surface area contributed by atoms with E-state index in [9.17, 15) is 5.26 Å². The summed E-state index contributed by atoms with van der Waals surface area (Å²) in [5, 5.41) is 9.32. The Balaban J connectivity index is 2.07. The van der Waals surface area contributed by atoms with Gasteiger partial charge in [-0.1, -0.05) is 26.2 Å². The lowest BCUT2D eigenvalue weighted by atomic mass is 9.94. The summed E-state index contributed by atoms with van der Waals surface area (Å²) in [6.45, 7) is 5.89. The molecular weight excluding hydrogens is 196 g/mol. The van der Waals surface area contributed by atoms with Gasteiger partial charge in [0, 0.05) is 18.6 Å². The van der Waals surface area contributed by atoms with Crippen LogP contribution in [0.15, 0.2) is 0 Å². The smallest absolute Gasteiger partial charge is 0.0672 e. The Morgan fingerprint density at radius 2 is 1.88 bits per heavy atom. The number of hydrogen-bond acceptors (Lipinski definition) is 2. The van der Waals surface area contributed by atoms with Crippen LogP contribution in [-0.4, -0.2) is 23.5 Å². The molecule has 4 unspecified atom stereocenters. The van der Waals surface area contributed by atoms with Crippen LogP contribution in [0.3, 0.4) is 0 Å². The molecule has 0 aromatic heterocycles. The van der Waals surface area contributed by atoms with Crippen molar-refractivity contribution in [3.63, 3.8) is 0 Å². The van der Waals surface area contributed by atoms with Crippen molar-refractivity contribution >= 4 is 0 Å². The average Bonchev–Trinajstić information content (AvgIpc) is 2.51. The minimum atomic E-state index is 0.287. The van der Waals surface area contributed by atoms with Gasteiger partial charge in [-0.15, -0.1) is 0 Å². The topological polar surface area (TPSA) is 27.0 Å². The summed E-state index contributed by atoms with van der Waals surface area (Å²) in [5.41, 5.74) is 0. The third-order valence-electron chi connectivity index (χ3n) is 4.40. The molecule has 2 heteroatoms. The Kier molecular flexibility index (Phi) is 3.86. The van der Waals surface area contributed by atoms with Crippen molar-refractivity contribution in [2.75, 3.05) is 6.54 Å². The molecule has 16 heavy (non-hydrogen) atoms. The van der Waals surface area contributed by atoms with Crippen LogP contribution in [0.4, 0.5) is 0 Å². The molecule has 4 atom stereocenters. The molecule has 2 nitrogen and oxygen atoms in total. The highest BCUT2D eigenvalue weighted by Gasteiger charge is 2.36. The molecule has 0 N–H and O–H groups in total. The molecule has 2 aliphatic rings. The molecule has 0 aromatic carbocycles. The minimum Gasteiger partial charge on any atom is -0.296 e. The summed E-state index contributed by atoms with van der Waals surface area (Å²) in [7, 11) is 0. The van der Waals surface area contributed by atoms with Crippen LogP contribution in [0.1, 0.15) is 52.4 Å². The standard InChI is InChI=1S/C14H24N2/c1-11-8-12(2)16(10-11)14-7-5-3-4-6-13(14)9-15/h11-14H,3-8,10H2,1-2H3. The van der Waals surface area contributed by atoms with E-state index in [1.165, 1.54) is 38.6 Å². The second-order valence-corrected chi connectivity index (χ2v) is 5.83. The first kappa shape index (κ1) is 11.9. The van der Waals surface area contributed by atoms with Crippen LogP contribution in [0.25, 0.3) is 0 Å². The highest BCUT2D eigenvalue weighted by molar-refractivity contribution is 4.98. The highest BCUT2D eigenvalue weighted by atomic mass is 15.2. The van der Waals surface area contributed by atoms with Gasteiger partial charge in [0.2, 0.25) is 0 Å². The van der Waals surface area contributed by atoms with Crippen molar-refractivity contribution in [2.45, 2.75) is 64.5 Å². The molecule has 1 heterocycles. The van der Waals surface area contributed by atoms with E-state index in [-0.39, 0.29) is 5.92 Å². The second kappa shape index (κ2) is 5.19. The first-order valence-corrected chi connectivity index (χ1v) is 6.87. The number of likely N-dealkylation sites (tertiary alicyclic amines) is 1. The number of hydrogen-bond donors (Lipinski definition) is 0. The van der Waals surface area contributed by atoms with E-state index in [4.69, 9.17) is 0 Å². The summed E-state index contributed by atoms with van der Waals surface area (Å²) in [5.74, 6) is 1.10. The van der Waals surface area contributed by atoms with Crippen molar-refractivity contribution in [3.8, 4) is 6.07 Å². The zero-order chi connectivity index (χ0) is 11.5. The van der Waals surface area contributed by atoms with Crippen LogP contribution in [-0.2, 0) is 0 Å². The molecule has 1 saturated heterocycles. The number of nitrogens with zero attached hydrogens (tertiary/aromatic N) is 2. The van der Waals surface area contributed by atoms with E-state index in [2.05, 4.69) is 24.8 Å². The number of nitriles is 1. The van der Waals surface area contributed by atoms with Gasteiger partial charge in [-0.25, -0.2) is 0 Å². The monoisotopic (exact) mass is 220 g/mol. The van der Waals surface area contributed by atoms with Gasteiger partial charge >= 0.3 is 0 Å². The molecule has 1 aliphatic heterocycles. The molecule has 2 rings (SSSR count). The molecule has 0 spiro atoms. The van der Waals surface area contributed by atoms with Crippen molar-refractivity contribution in [1.29, 1.82) is 5.26 Å². The lowest BCUT2D eigenvalue weighted by Crippen LogP contribution is -2.42. The fraction of sp³-hybridized carbons (Fsp3) is 0.929. The lowest BCUT2D eigenvalue weighted by Gasteiger charge is -2.33. The Labute approximate surface area is 99.6 Å². The Morgan fingerprint density at radius 1 is 1.12 bits per heavy atom. The van der Waals surface area contributed by atoms with Crippen LogP contribution in [0.5, 0.6) is 0 Å². The van der Waals surface area contributed by atoms with E-state index in [0.717, 1.165) is 12.3 Å². The summed E-state index contributed by atoms with van der Waals surface area (Å²) in [4.78, 5) is 2.63. The predicted molar refractivity (Wildman–Crippen MR) is 65.9 cm³/mol. The molecule has 2 fully saturated rings. The van der Waals surface area contributed by atoms with Crippen LogP contribution in [0.2, 0.25) is 0 Å². The Bertz CT molecular complexity index is 268. The maximum atomic E-state index is 9.32. The number of rotatable bonds is 1. The first-order valence-electron chi connectivity index (χ1n) is 6.87. The fourth-order valence-electron chi connectivity index (χ4n) is 3.63. The summed E-state index contributed by atoms with van der Waals surface area (Å²) >= 11 is 0. The normalized spacial score (nSPS) is 41.6. The van der Waals surface area contributed by atoms with Gasteiger partial charge in [0.05, 0.1) is 12.0 Å². The third-order valence-corrected chi connectivity index (χ3v) is 4.40. The van der Waals surface area contributed by atoms with Crippen LogP contribution < -0.4 is 0 Å². The third kappa shape index (κ3) is 2.40. The van der Waals surface area contributed by atoms with E-state index in [1.54, 1.807) is 0 Å². The molecule has 1 saturated carbocycles. The van der Waals surface area contributed by atoms with Gasteiger partial charge in [0.1, 0.15) is 0 Å². The van der Waals surface area contributed by atoms with Crippen molar-refractivity contribution in [3.05, 3.63) is 0 Å². The maximum Gasteiger partial charge on any atom is 0.0672 e. The lowest BCUT2D eigenvalue weighted by molar-refractivity contribution is 0.145. The molecule has 0 aromatic rings. The van der Waals surface area contributed by atoms with Gasteiger partial charge in [-0.3, -0.25) is 4.90 Å². The SMILES string of the molecule is CC1CC(C)N(C2CCCCCC2C#N)C1. The zero-order valence-electron chi connectivity index (χ0n) is 10.7. The van der Waals surface area contributed by atoms with Crippen molar-refractivity contribution < 1.29 is 0 Å². The van der Waals surface area contributed by atoms with Gasteiger partial charge in [-0.05, 0) is 32.1 Å². The largest absolute Gasteiger partial charge is 0.296 e. The maximum absolute atomic E-state index is 9.32. The highest BCUT2D eigenvalue weighted by Crippen LogP contribution is 2.33. The zero-order valence-corrected chi connectivity index (χ0v) is 10.7. The van der Waals surface area contributed by atoms with Gasteiger partial charge in [0.25, 0.3) is 0 Å². The van der Waals surface area contributed by atoms with E-state index in [1.807, 2.05) is 0 Å². The van der Waals surface area contributed by atoms with E-state index in [0.29, 0.717) is 12.1 Å².